The average molecular weight is 284 g/mol. The molecule has 0 saturated heterocycles. The lowest BCUT2D eigenvalue weighted by atomic mass is 9.92. The van der Waals surface area contributed by atoms with Gasteiger partial charge in [-0.15, -0.1) is 0 Å². The minimum atomic E-state index is -0.855. The Morgan fingerprint density at radius 3 is 2.48 bits per heavy atom. The molecule has 0 radical (unpaired) electrons. The number of hydrogen-bond acceptors (Lipinski definition) is 3. The number of hydrogen-bond donors (Lipinski definition) is 1. The van der Waals surface area contributed by atoms with Gasteiger partial charge < -0.3 is 5.11 Å². The smallest absolute Gasteiger partial charge is 0.312 e. The highest BCUT2D eigenvalue weighted by molar-refractivity contribution is 5.76. The Bertz CT molecular complexity index is 638. The fraction of sp³-hybridized carbons (Fsp3) is 0.353. The van der Waals surface area contributed by atoms with Crippen molar-refractivity contribution in [1.82, 2.24) is 9.97 Å². The number of carbonyl (C=O) groups is 1. The molecule has 0 amide bonds. The largest absolute Gasteiger partial charge is 0.481 e. The van der Waals surface area contributed by atoms with Gasteiger partial charge in [0.15, 0.2) is 0 Å². The summed E-state index contributed by atoms with van der Waals surface area (Å²) in [5.74, 6) is -1.25. The van der Waals surface area contributed by atoms with E-state index in [1.165, 1.54) is 6.33 Å². The van der Waals surface area contributed by atoms with Gasteiger partial charge in [-0.05, 0) is 36.5 Å². The predicted molar refractivity (Wildman–Crippen MR) is 81.4 cm³/mol. The Morgan fingerprint density at radius 1 is 1.19 bits per heavy atom. The molecule has 1 atom stereocenters. The molecule has 1 unspecified atom stereocenters. The summed E-state index contributed by atoms with van der Waals surface area (Å²) < 4.78 is 0. The van der Waals surface area contributed by atoms with Crippen molar-refractivity contribution in [3.8, 4) is 0 Å². The van der Waals surface area contributed by atoms with Crippen molar-refractivity contribution in [3.05, 3.63) is 59.2 Å². The third-order valence-corrected chi connectivity index (χ3v) is 3.64. The second-order valence-corrected chi connectivity index (χ2v) is 5.54. The highest BCUT2D eigenvalue weighted by Gasteiger charge is 2.23. The van der Waals surface area contributed by atoms with Crippen LogP contribution in [0.4, 0.5) is 0 Å². The zero-order valence-corrected chi connectivity index (χ0v) is 12.6. The molecule has 1 N–H and O–H groups in total. The summed E-state index contributed by atoms with van der Waals surface area (Å²) in [5.41, 5.74) is 3.58. The van der Waals surface area contributed by atoms with Crippen molar-refractivity contribution < 1.29 is 9.90 Å². The predicted octanol–water partition coefficient (Wildman–Crippen LogP) is 3.32. The minimum Gasteiger partial charge on any atom is -0.481 e. The molecule has 0 bridgehead atoms. The standard InChI is InChI=1S/C17H20N2O2/c1-11(2)15-9-16(19-10-18-15)14(17(20)21)8-13-7-5-4-6-12(13)3/h4-7,9-11,14H,8H2,1-3H3,(H,20,21). The lowest BCUT2D eigenvalue weighted by Crippen LogP contribution is -2.17. The van der Waals surface area contributed by atoms with Crippen LogP contribution < -0.4 is 0 Å². The Balaban J connectivity index is 2.34. The van der Waals surface area contributed by atoms with Gasteiger partial charge in [0, 0.05) is 5.69 Å². The molecule has 0 aliphatic carbocycles. The van der Waals surface area contributed by atoms with E-state index in [4.69, 9.17) is 0 Å². The van der Waals surface area contributed by atoms with Gasteiger partial charge in [0.1, 0.15) is 12.2 Å². The first-order valence-electron chi connectivity index (χ1n) is 7.08. The molecule has 4 heteroatoms. The summed E-state index contributed by atoms with van der Waals surface area (Å²) in [5, 5.41) is 9.55. The number of benzene rings is 1. The number of carboxylic acids is 1. The van der Waals surface area contributed by atoms with Crippen molar-refractivity contribution in [3.63, 3.8) is 0 Å². The first kappa shape index (κ1) is 15.2. The monoisotopic (exact) mass is 284 g/mol. The Labute approximate surface area is 124 Å². The molecule has 0 aliphatic rings. The minimum absolute atomic E-state index is 0.250. The molecule has 21 heavy (non-hydrogen) atoms. The van der Waals surface area contributed by atoms with Crippen LogP contribution in [0, 0.1) is 6.92 Å². The van der Waals surface area contributed by atoms with E-state index in [0.29, 0.717) is 12.1 Å². The van der Waals surface area contributed by atoms with E-state index in [9.17, 15) is 9.90 Å². The molecule has 0 saturated carbocycles. The van der Waals surface area contributed by atoms with E-state index < -0.39 is 11.9 Å². The lowest BCUT2D eigenvalue weighted by molar-refractivity contribution is -0.138. The van der Waals surface area contributed by atoms with Gasteiger partial charge in [0.2, 0.25) is 0 Å². The molecule has 1 aromatic carbocycles. The van der Waals surface area contributed by atoms with Crippen molar-refractivity contribution in [1.29, 1.82) is 0 Å². The van der Waals surface area contributed by atoms with Crippen LogP contribution in [0.3, 0.4) is 0 Å². The van der Waals surface area contributed by atoms with Crippen LogP contribution in [-0.2, 0) is 11.2 Å². The molecular formula is C17H20N2O2. The molecule has 4 nitrogen and oxygen atoms in total. The fourth-order valence-electron chi connectivity index (χ4n) is 2.27. The molecule has 1 aromatic heterocycles. The summed E-state index contributed by atoms with van der Waals surface area (Å²) >= 11 is 0. The molecule has 1 heterocycles. The van der Waals surface area contributed by atoms with Gasteiger partial charge in [0.25, 0.3) is 0 Å². The quantitative estimate of drug-likeness (QED) is 0.914. The summed E-state index contributed by atoms with van der Waals surface area (Å²) in [4.78, 5) is 20.0. The number of aliphatic carboxylic acids is 1. The Morgan fingerprint density at radius 2 is 1.86 bits per heavy atom. The second-order valence-electron chi connectivity index (χ2n) is 5.54. The van der Waals surface area contributed by atoms with Crippen molar-refractivity contribution >= 4 is 5.97 Å². The third-order valence-electron chi connectivity index (χ3n) is 3.64. The second kappa shape index (κ2) is 6.48. The maximum absolute atomic E-state index is 11.6. The normalized spacial score (nSPS) is 12.4. The van der Waals surface area contributed by atoms with Crippen molar-refractivity contribution in [2.75, 3.05) is 0 Å². The van der Waals surface area contributed by atoms with Crippen LogP contribution in [0.15, 0.2) is 36.7 Å². The van der Waals surface area contributed by atoms with Crippen molar-refractivity contribution in [2.45, 2.75) is 39.0 Å². The van der Waals surface area contributed by atoms with E-state index in [-0.39, 0.29) is 5.92 Å². The van der Waals surface area contributed by atoms with Crippen LogP contribution in [0.1, 0.15) is 48.2 Å². The molecular weight excluding hydrogens is 264 g/mol. The van der Waals surface area contributed by atoms with E-state index in [2.05, 4.69) is 9.97 Å². The summed E-state index contributed by atoms with van der Waals surface area (Å²) in [7, 11) is 0. The van der Waals surface area contributed by atoms with E-state index in [0.717, 1.165) is 16.8 Å². The van der Waals surface area contributed by atoms with E-state index in [1.54, 1.807) is 0 Å². The number of aromatic nitrogens is 2. The average Bonchev–Trinajstić information content (AvgIpc) is 2.46. The van der Waals surface area contributed by atoms with Crippen molar-refractivity contribution in [2.24, 2.45) is 0 Å². The summed E-state index contributed by atoms with van der Waals surface area (Å²) in [6.07, 6.45) is 1.90. The molecule has 110 valence electrons. The van der Waals surface area contributed by atoms with Crippen LogP contribution in [0.25, 0.3) is 0 Å². The fourth-order valence-corrected chi connectivity index (χ4v) is 2.27. The zero-order chi connectivity index (χ0) is 15.4. The van der Waals surface area contributed by atoms with Gasteiger partial charge in [-0.25, -0.2) is 9.97 Å². The maximum atomic E-state index is 11.6. The van der Waals surface area contributed by atoms with Crippen LogP contribution >= 0.6 is 0 Å². The number of rotatable bonds is 5. The molecule has 0 fully saturated rings. The van der Waals surface area contributed by atoms with Gasteiger partial charge in [-0.3, -0.25) is 4.79 Å². The number of carboxylic acid groups (broad SMARTS) is 1. The van der Waals surface area contributed by atoms with Gasteiger partial charge in [-0.1, -0.05) is 38.1 Å². The van der Waals surface area contributed by atoms with E-state index in [1.807, 2.05) is 51.1 Å². The molecule has 2 aromatic rings. The summed E-state index contributed by atoms with van der Waals surface area (Å²) in [6, 6.07) is 9.66. The topological polar surface area (TPSA) is 63.1 Å². The first-order valence-corrected chi connectivity index (χ1v) is 7.08. The van der Waals surface area contributed by atoms with Crippen LogP contribution in [-0.4, -0.2) is 21.0 Å². The molecule has 0 aliphatic heterocycles. The van der Waals surface area contributed by atoms with Crippen LogP contribution in [0.5, 0.6) is 0 Å². The number of nitrogens with zero attached hydrogens (tertiary/aromatic N) is 2. The third kappa shape index (κ3) is 3.66. The maximum Gasteiger partial charge on any atom is 0.312 e. The Hall–Kier alpha value is -2.23. The highest BCUT2D eigenvalue weighted by Crippen LogP contribution is 2.23. The highest BCUT2D eigenvalue weighted by atomic mass is 16.4. The Kier molecular flexibility index (Phi) is 4.68. The molecule has 0 spiro atoms. The van der Waals surface area contributed by atoms with Crippen LogP contribution in [0.2, 0.25) is 0 Å². The first-order chi connectivity index (χ1) is 9.99. The van der Waals surface area contributed by atoms with Gasteiger partial charge >= 0.3 is 5.97 Å². The molecule has 2 rings (SSSR count). The SMILES string of the molecule is Cc1ccccc1CC(C(=O)O)c1cc(C(C)C)ncn1. The number of aryl methyl sites for hydroxylation is 1. The lowest BCUT2D eigenvalue weighted by Gasteiger charge is -2.15. The summed E-state index contributed by atoms with van der Waals surface area (Å²) in [6.45, 7) is 6.06. The zero-order valence-electron chi connectivity index (χ0n) is 12.6. The van der Waals surface area contributed by atoms with Gasteiger partial charge in [0.05, 0.1) is 5.69 Å². The van der Waals surface area contributed by atoms with E-state index >= 15 is 0 Å². The van der Waals surface area contributed by atoms with Gasteiger partial charge in [-0.2, -0.15) is 0 Å².